The average molecular weight is 230 g/mol. The number of aromatic nitrogens is 2. The molecule has 0 aromatic carbocycles. The molecule has 0 fully saturated rings. The number of urea groups is 1. The quantitative estimate of drug-likeness (QED) is 0.770. The maximum absolute atomic E-state index is 11.5. The third kappa shape index (κ3) is 2.56. The predicted molar refractivity (Wildman–Crippen MR) is 57.9 cm³/mol. The first-order valence-electron chi connectivity index (χ1n) is 4.69. The number of amides is 2. The Bertz CT molecular complexity index is 468. The van der Waals surface area contributed by atoms with Crippen LogP contribution >= 0.6 is 11.5 Å². The van der Waals surface area contributed by atoms with Crippen LogP contribution in [0.3, 0.4) is 0 Å². The second kappa shape index (κ2) is 4.92. The molecule has 15 heavy (non-hydrogen) atoms. The molecule has 0 aliphatic heterocycles. The monoisotopic (exact) mass is 230 g/mol. The minimum Gasteiger partial charge on any atom is -0.336 e. The molecule has 0 aliphatic rings. The van der Waals surface area contributed by atoms with Crippen LogP contribution in [0.25, 0.3) is 0 Å². The van der Waals surface area contributed by atoms with Crippen LogP contribution < -0.4 is 15.8 Å². The minimum absolute atomic E-state index is 0.148. The molecule has 0 saturated heterocycles. The Labute approximate surface area is 91.0 Å². The van der Waals surface area contributed by atoms with Crippen molar-refractivity contribution < 1.29 is 4.79 Å². The van der Waals surface area contributed by atoms with Crippen LogP contribution in [0, 0.1) is 0 Å². The van der Waals surface area contributed by atoms with Gasteiger partial charge in [-0.05, 0) is 25.4 Å². The van der Waals surface area contributed by atoms with Gasteiger partial charge in [-0.2, -0.15) is 4.99 Å². The summed E-state index contributed by atoms with van der Waals surface area (Å²) in [5, 5.41) is 2.54. The van der Waals surface area contributed by atoms with Gasteiger partial charge in [0.05, 0.1) is 0 Å². The van der Waals surface area contributed by atoms with Gasteiger partial charge in [0, 0.05) is 20.1 Å². The number of aryl methyl sites for hydroxylation is 1. The topological polar surface area (TPSA) is 68.4 Å². The molecule has 6 nitrogen and oxygen atoms in total. The molecule has 7 heteroatoms. The van der Waals surface area contributed by atoms with E-state index < -0.39 is 6.03 Å². The molecule has 2 amide bonds. The van der Waals surface area contributed by atoms with Gasteiger partial charge >= 0.3 is 11.7 Å². The van der Waals surface area contributed by atoms with Crippen molar-refractivity contribution in [2.75, 3.05) is 6.54 Å². The maximum Gasteiger partial charge on any atom is 0.343 e. The Balaban J connectivity index is 3.15. The number of nitrogens with one attached hydrogen (secondary N) is 1. The van der Waals surface area contributed by atoms with E-state index in [9.17, 15) is 9.59 Å². The molecule has 0 atom stereocenters. The summed E-state index contributed by atoms with van der Waals surface area (Å²) in [6.07, 6.45) is 0. The van der Waals surface area contributed by atoms with E-state index in [0.717, 1.165) is 0 Å². The van der Waals surface area contributed by atoms with Crippen molar-refractivity contribution in [2.45, 2.75) is 20.4 Å². The molecule has 1 rings (SSSR count). The highest BCUT2D eigenvalue weighted by molar-refractivity contribution is 7.03. The predicted octanol–water partition coefficient (Wildman–Crippen LogP) is -0.102. The van der Waals surface area contributed by atoms with E-state index in [4.69, 9.17) is 0 Å². The SMILES string of the molecule is CCNC(=O)/N=c1/sn(CC)c(=O)n1C. The molecule has 1 N–H and O–H groups in total. The zero-order valence-corrected chi connectivity index (χ0v) is 9.80. The van der Waals surface area contributed by atoms with Gasteiger partial charge < -0.3 is 5.32 Å². The van der Waals surface area contributed by atoms with Crippen LogP contribution in [0.4, 0.5) is 4.79 Å². The summed E-state index contributed by atoms with van der Waals surface area (Å²) in [4.78, 5) is 26.9. The molecule has 0 bridgehead atoms. The van der Waals surface area contributed by atoms with E-state index in [1.54, 1.807) is 7.05 Å². The lowest BCUT2D eigenvalue weighted by Gasteiger charge is -1.92. The molecule has 1 heterocycles. The Morgan fingerprint density at radius 2 is 2.20 bits per heavy atom. The average Bonchev–Trinajstić information content (AvgIpc) is 2.46. The standard InChI is InChI=1S/C8H14N4O2S/c1-4-9-6(13)10-7-11(3)8(14)12(5-2)15-7/h4-5H2,1-3H3,(H,9,13)/b10-7+. The number of nitrogens with zero attached hydrogens (tertiary/aromatic N) is 3. The first-order chi connectivity index (χ1) is 7.10. The molecule has 1 aromatic heterocycles. The van der Waals surface area contributed by atoms with Gasteiger partial charge in [-0.25, -0.2) is 13.5 Å². The van der Waals surface area contributed by atoms with Gasteiger partial charge in [0.25, 0.3) is 0 Å². The summed E-state index contributed by atoms with van der Waals surface area (Å²) in [6, 6.07) is -0.419. The lowest BCUT2D eigenvalue weighted by atomic mass is 10.7. The molecule has 0 aliphatic carbocycles. The molecule has 0 saturated carbocycles. The fourth-order valence-corrected chi connectivity index (χ4v) is 1.87. The van der Waals surface area contributed by atoms with Crippen LogP contribution in [-0.4, -0.2) is 21.1 Å². The van der Waals surface area contributed by atoms with Crippen molar-refractivity contribution in [3.8, 4) is 0 Å². The molecule has 0 radical (unpaired) electrons. The highest BCUT2D eigenvalue weighted by Gasteiger charge is 2.04. The van der Waals surface area contributed by atoms with E-state index in [-0.39, 0.29) is 5.69 Å². The number of rotatable bonds is 2. The summed E-state index contributed by atoms with van der Waals surface area (Å²) in [5.41, 5.74) is -0.148. The second-order valence-corrected chi connectivity index (χ2v) is 3.85. The van der Waals surface area contributed by atoms with Crippen molar-refractivity contribution in [2.24, 2.45) is 12.0 Å². The van der Waals surface area contributed by atoms with Gasteiger partial charge in [-0.15, -0.1) is 0 Å². The van der Waals surface area contributed by atoms with Crippen molar-refractivity contribution >= 4 is 17.6 Å². The van der Waals surface area contributed by atoms with E-state index in [0.29, 0.717) is 17.9 Å². The first-order valence-corrected chi connectivity index (χ1v) is 5.47. The zero-order chi connectivity index (χ0) is 11.4. The first kappa shape index (κ1) is 11.7. The fourth-order valence-electron chi connectivity index (χ4n) is 1.02. The molecule has 0 unspecified atom stereocenters. The molecule has 0 spiro atoms. The Morgan fingerprint density at radius 1 is 1.53 bits per heavy atom. The van der Waals surface area contributed by atoms with Crippen molar-refractivity contribution in [1.29, 1.82) is 0 Å². The van der Waals surface area contributed by atoms with Gasteiger partial charge in [0.1, 0.15) is 0 Å². The van der Waals surface area contributed by atoms with E-state index >= 15 is 0 Å². The van der Waals surface area contributed by atoms with Crippen molar-refractivity contribution in [3.63, 3.8) is 0 Å². The summed E-state index contributed by atoms with van der Waals surface area (Å²) in [6.45, 7) is 4.79. The zero-order valence-electron chi connectivity index (χ0n) is 8.98. The molecule has 1 aromatic rings. The Morgan fingerprint density at radius 3 is 2.67 bits per heavy atom. The van der Waals surface area contributed by atoms with Gasteiger partial charge in [0.15, 0.2) is 0 Å². The highest BCUT2D eigenvalue weighted by atomic mass is 32.1. The van der Waals surface area contributed by atoms with Crippen LogP contribution in [0.1, 0.15) is 13.8 Å². The van der Waals surface area contributed by atoms with Gasteiger partial charge in [-0.3, -0.25) is 4.57 Å². The minimum atomic E-state index is -0.419. The van der Waals surface area contributed by atoms with E-state index in [2.05, 4.69) is 10.3 Å². The number of hydrogen-bond acceptors (Lipinski definition) is 3. The van der Waals surface area contributed by atoms with E-state index in [1.807, 2.05) is 13.8 Å². The summed E-state index contributed by atoms with van der Waals surface area (Å²) in [5.74, 6) is 0. The summed E-state index contributed by atoms with van der Waals surface area (Å²) < 4.78 is 2.90. The lowest BCUT2D eigenvalue weighted by molar-refractivity contribution is 0.249. The van der Waals surface area contributed by atoms with Crippen molar-refractivity contribution in [1.82, 2.24) is 13.8 Å². The third-order valence-corrected chi connectivity index (χ3v) is 2.95. The van der Waals surface area contributed by atoms with Crippen LogP contribution in [0.5, 0.6) is 0 Å². The van der Waals surface area contributed by atoms with Crippen molar-refractivity contribution in [3.05, 3.63) is 15.3 Å². The number of hydrogen-bond donors (Lipinski definition) is 1. The molecule has 84 valence electrons. The second-order valence-electron chi connectivity index (χ2n) is 2.86. The van der Waals surface area contributed by atoms with E-state index in [1.165, 1.54) is 20.1 Å². The number of carbonyl (C=O) groups excluding carboxylic acids is 1. The lowest BCUT2D eigenvalue weighted by Crippen LogP contribution is -2.28. The van der Waals surface area contributed by atoms with Gasteiger partial charge in [-0.1, -0.05) is 0 Å². The smallest absolute Gasteiger partial charge is 0.336 e. The van der Waals surface area contributed by atoms with Gasteiger partial charge in [0.2, 0.25) is 4.80 Å². The highest BCUT2D eigenvalue weighted by Crippen LogP contribution is 1.85. The maximum atomic E-state index is 11.5. The molecular formula is C8H14N4O2S. The largest absolute Gasteiger partial charge is 0.343 e. The van der Waals surface area contributed by atoms with Crippen LogP contribution in [-0.2, 0) is 13.6 Å². The fraction of sp³-hybridized carbons (Fsp3) is 0.625. The summed E-state index contributed by atoms with van der Waals surface area (Å²) >= 11 is 1.18. The van der Waals surface area contributed by atoms with Crippen LogP contribution in [0.15, 0.2) is 9.79 Å². The Kier molecular flexibility index (Phi) is 3.84. The molecular weight excluding hydrogens is 216 g/mol. The number of carbonyl (C=O) groups is 1. The normalized spacial score (nSPS) is 11.8. The third-order valence-electron chi connectivity index (χ3n) is 1.79. The summed E-state index contributed by atoms with van der Waals surface area (Å²) in [7, 11) is 1.60. The van der Waals surface area contributed by atoms with Crippen LogP contribution in [0.2, 0.25) is 0 Å². The Hall–Kier alpha value is -1.37.